The Hall–Kier alpha value is -3.10. The fraction of sp³-hybridized carbons (Fsp3) is 0.393. The number of Topliss-reactive ketones (excluding diaryl/α,β-unsaturated/α-hetero) is 1. The number of amides is 1. The minimum absolute atomic E-state index is 0.0733. The average Bonchev–Trinajstić information content (AvgIpc) is 3.34. The third-order valence-electron chi connectivity index (χ3n) is 6.51. The predicted molar refractivity (Wildman–Crippen MR) is 137 cm³/mol. The van der Waals surface area contributed by atoms with Crippen molar-refractivity contribution in [3.05, 3.63) is 70.8 Å². The van der Waals surface area contributed by atoms with E-state index < -0.39 is 29.3 Å². The number of hydrogen-bond acceptors (Lipinski definition) is 6. The maximum atomic E-state index is 13.1. The molecule has 0 spiro atoms. The first-order valence-corrected chi connectivity index (χ1v) is 13.7. The monoisotopic (exact) mass is 509 g/mol. The number of rotatable bonds is 9. The van der Waals surface area contributed by atoms with Crippen molar-refractivity contribution in [1.29, 1.82) is 0 Å². The van der Waals surface area contributed by atoms with Crippen LogP contribution in [0.1, 0.15) is 55.7 Å². The Kier molecular flexibility index (Phi) is 8.83. The molecule has 190 valence electrons. The number of aryl methyl sites for hydroxylation is 1. The number of allylic oxidation sites excluding steroid dienone is 2. The lowest BCUT2D eigenvalue weighted by Gasteiger charge is -2.19. The minimum atomic E-state index is -1.39. The number of ether oxygens (including phenoxy) is 2. The van der Waals surface area contributed by atoms with Gasteiger partial charge in [-0.1, -0.05) is 30.3 Å². The first-order chi connectivity index (χ1) is 17.5. The molecular weight excluding hydrogens is 478 g/mol. The fourth-order valence-corrected chi connectivity index (χ4v) is 5.88. The Morgan fingerprint density at radius 3 is 2.58 bits per heavy atom. The average molecular weight is 510 g/mol. The lowest BCUT2D eigenvalue weighted by atomic mass is 9.98. The maximum absolute atomic E-state index is 13.1. The highest BCUT2D eigenvalue weighted by molar-refractivity contribution is 7.91. The van der Waals surface area contributed by atoms with Crippen LogP contribution < -0.4 is 5.32 Å². The summed E-state index contributed by atoms with van der Waals surface area (Å²) in [7, 11) is 0. The van der Waals surface area contributed by atoms with Gasteiger partial charge in [-0.3, -0.25) is 4.79 Å². The molecule has 2 aromatic carbocycles. The van der Waals surface area contributed by atoms with Gasteiger partial charge in [0, 0.05) is 12.8 Å². The molecule has 0 saturated carbocycles. The quantitative estimate of drug-likeness (QED) is 0.394. The predicted octanol–water partition coefficient (Wildman–Crippen LogP) is 4.50. The zero-order valence-electron chi connectivity index (χ0n) is 20.4. The third-order valence-corrected chi connectivity index (χ3v) is 7.89. The zero-order chi connectivity index (χ0) is 25.5. The molecule has 0 heterocycles. The van der Waals surface area contributed by atoms with Gasteiger partial charge in [-0.2, -0.15) is 0 Å². The molecule has 0 bridgehead atoms. The number of hydrogen-bond donors (Lipinski definition) is 1. The smallest absolute Gasteiger partial charge is 0.408 e. The maximum Gasteiger partial charge on any atom is 0.408 e. The van der Waals surface area contributed by atoms with Crippen molar-refractivity contribution >= 4 is 34.6 Å². The van der Waals surface area contributed by atoms with Crippen molar-refractivity contribution < 1.29 is 28.4 Å². The summed E-state index contributed by atoms with van der Waals surface area (Å²) in [6.45, 7) is 1.93. The number of nitrogens with one attached hydrogen (secondary N) is 1. The largest absolute Gasteiger partial charge is 0.611 e. The number of fused-ring (bicyclic) bond motifs is 2. The van der Waals surface area contributed by atoms with Crippen molar-refractivity contribution in [2.45, 2.75) is 63.0 Å². The molecule has 2 unspecified atom stereocenters. The highest BCUT2D eigenvalue weighted by Crippen LogP contribution is 2.39. The topological polar surface area (TPSA) is 105 Å². The second kappa shape index (κ2) is 12.2. The molecular formula is C28H31NO6S. The lowest BCUT2D eigenvalue weighted by molar-refractivity contribution is -0.145. The van der Waals surface area contributed by atoms with E-state index in [1.807, 2.05) is 48.5 Å². The minimum Gasteiger partial charge on any atom is -0.611 e. The first kappa shape index (κ1) is 26.0. The van der Waals surface area contributed by atoms with E-state index in [1.165, 1.54) is 0 Å². The van der Waals surface area contributed by atoms with Crippen LogP contribution >= 0.6 is 0 Å². The Morgan fingerprint density at radius 2 is 1.81 bits per heavy atom. The van der Waals surface area contributed by atoms with Crippen LogP contribution in [0.15, 0.2) is 59.0 Å². The van der Waals surface area contributed by atoms with Gasteiger partial charge in [-0.25, -0.2) is 9.59 Å². The van der Waals surface area contributed by atoms with Crippen molar-refractivity contribution in [2.75, 3.05) is 12.4 Å². The summed E-state index contributed by atoms with van der Waals surface area (Å²) in [5, 5.41) is 2.55. The molecule has 1 amide bonds. The number of esters is 1. The van der Waals surface area contributed by atoms with E-state index in [-0.39, 0.29) is 31.2 Å². The normalized spacial score (nSPS) is 16.4. The molecule has 2 aromatic rings. The SMILES string of the molecule is CCOC(=O)C(CC[S+]([O-])c1ccc2c(c1)CCC(=O)C1=C2CCC1)NC(=O)OCc1ccccc1. The molecule has 0 aromatic heterocycles. The highest BCUT2D eigenvalue weighted by Gasteiger charge is 2.29. The Labute approximate surface area is 214 Å². The zero-order valence-corrected chi connectivity index (χ0v) is 21.2. The molecule has 4 rings (SSSR count). The lowest BCUT2D eigenvalue weighted by Crippen LogP contribution is -2.43. The molecule has 8 heteroatoms. The molecule has 2 aliphatic carbocycles. The second-order valence-corrected chi connectivity index (χ2v) is 10.5. The Bertz CT molecular complexity index is 1150. The van der Waals surface area contributed by atoms with Crippen LogP contribution in [0.3, 0.4) is 0 Å². The summed E-state index contributed by atoms with van der Waals surface area (Å²) in [6.07, 6.45) is 3.25. The summed E-state index contributed by atoms with van der Waals surface area (Å²) in [6, 6.07) is 14.0. The van der Waals surface area contributed by atoms with Crippen molar-refractivity contribution in [1.82, 2.24) is 5.32 Å². The second-order valence-electron chi connectivity index (χ2n) is 8.90. The van der Waals surface area contributed by atoms with E-state index in [0.717, 1.165) is 47.1 Å². The van der Waals surface area contributed by atoms with E-state index >= 15 is 0 Å². The molecule has 7 nitrogen and oxygen atoms in total. The number of carbonyl (C=O) groups is 3. The summed E-state index contributed by atoms with van der Waals surface area (Å²) in [5.41, 5.74) is 5.08. The van der Waals surface area contributed by atoms with E-state index in [9.17, 15) is 18.9 Å². The number of benzene rings is 2. The van der Waals surface area contributed by atoms with Gasteiger partial charge in [-0.15, -0.1) is 0 Å². The summed E-state index contributed by atoms with van der Waals surface area (Å²) >= 11 is -1.39. The third kappa shape index (κ3) is 6.36. The molecule has 2 aliphatic rings. The molecule has 0 radical (unpaired) electrons. The van der Waals surface area contributed by atoms with Crippen LogP contribution in [0.25, 0.3) is 5.57 Å². The molecule has 2 atom stereocenters. The molecule has 1 N–H and O–H groups in total. The van der Waals surface area contributed by atoms with Crippen LogP contribution in [0.4, 0.5) is 4.79 Å². The Morgan fingerprint density at radius 1 is 1.03 bits per heavy atom. The van der Waals surface area contributed by atoms with Crippen LogP contribution in [0.2, 0.25) is 0 Å². The van der Waals surface area contributed by atoms with Crippen LogP contribution in [-0.4, -0.2) is 40.8 Å². The highest BCUT2D eigenvalue weighted by atomic mass is 32.2. The van der Waals surface area contributed by atoms with Gasteiger partial charge in [0.2, 0.25) is 0 Å². The fourth-order valence-electron chi connectivity index (χ4n) is 4.70. The van der Waals surface area contributed by atoms with Crippen LogP contribution in [0.5, 0.6) is 0 Å². The van der Waals surface area contributed by atoms with Crippen LogP contribution in [-0.2, 0) is 43.3 Å². The summed E-state index contributed by atoms with van der Waals surface area (Å²) in [5.74, 6) is -0.204. The van der Waals surface area contributed by atoms with Crippen molar-refractivity contribution in [2.24, 2.45) is 0 Å². The summed E-state index contributed by atoms with van der Waals surface area (Å²) < 4.78 is 23.5. The van der Waals surface area contributed by atoms with Gasteiger partial charge in [0.1, 0.15) is 18.4 Å². The number of carbonyl (C=O) groups excluding carboxylic acids is 3. The van der Waals surface area contributed by atoms with E-state index in [2.05, 4.69) is 5.32 Å². The van der Waals surface area contributed by atoms with E-state index in [1.54, 1.807) is 6.92 Å². The van der Waals surface area contributed by atoms with Gasteiger partial charge < -0.3 is 19.3 Å². The number of alkyl carbamates (subject to hydrolysis) is 1. The van der Waals surface area contributed by atoms with Gasteiger partial charge in [-0.05, 0) is 89.8 Å². The van der Waals surface area contributed by atoms with Crippen molar-refractivity contribution in [3.63, 3.8) is 0 Å². The molecule has 0 saturated heterocycles. The van der Waals surface area contributed by atoms with Gasteiger partial charge in [0.15, 0.2) is 10.7 Å². The van der Waals surface area contributed by atoms with Crippen LogP contribution in [0, 0.1) is 0 Å². The van der Waals surface area contributed by atoms with E-state index in [4.69, 9.17) is 9.47 Å². The Balaban J connectivity index is 1.38. The van der Waals surface area contributed by atoms with Gasteiger partial charge in [0.05, 0.1) is 6.61 Å². The number of ketones is 1. The molecule has 36 heavy (non-hydrogen) atoms. The van der Waals surface area contributed by atoms with Crippen molar-refractivity contribution in [3.8, 4) is 0 Å². The molecule has 0 aliphatic heterocycles. The van der Waals surface area contributed by atoms with Gasteiger partial charge >= 0.3 is 12.1 Å². The van der Waals surface area contributed by atoms with Gasteiger partial charge in [0.25, 0.3) is 0 Å². The molecule has 0 fully saturated rings. The standard InChI is InChI=1S/C28H31NO6S/c1-2-34-27(31)25(29-28(32)35-18-19-7-4-3-5-8-19)15-16-36(33)21-12-13-22-20(17-21)11-14-26(30)24-10-6-9-23(22)24/h3-5,7-8,12-13,17,25H,2,6,9-11,14-16,18H2,1H3,(H,29,32). The summed E-state index contributed by atoms with van der Waals surface area (Å²) in [4.78, 5) is 37.9. The first-order valence-electron chi connectivity index (χ1n) is 12.4. The van der Waals surface area contributed by atoms with E-state index in [0.29, 0.717) is 17.7 Å².